The molecule has 7 nitrogen and oxygen atoms in total. The van der Waals surface area contributed by atoms with E-state index in [1.54, 1.807) is 30.3 Å². The highest BCUT2D eigenvalue weighted by molar-refractivity contribution is 5.94. The first-order chi connectivity index (χ1) is 11.9. The van der Waals surface area contributed by atoms with Gasteiger partial charge in [-0.05, 0) is 0 Å². The minimum absolute atomic E-state index is 0.00746. The molecule has 0 fully saturated rings. The molecule has 2 N–H and O–H groups in total. The number of carbonyl (C=O) groups excluding carboxylic acids is 1. The van der Waals surface area contributed by atoms with Gasteiger partial charge in [-0.3, -0.25) is 9.59 Å². The zero-order valence-electron chi connectivity index (χ0n) is 13.4. The van der Waals surface area contributed by atoms with Gasteiger partial charge in [-0.15, -0.1) is 0 Å². The molecule has 0 bridgehead atoms. The van der Waals surface area contributed by atoms with Crippen LogP contribution in [0.3, 0.4) is 0 Å². The Labute approximate surface area is 141 Å². The Morgan fingerprint density at radius 2 is 1.84 bits per heavy atom. The molecule has 0 saturated heterocycles. The van der Waals surface area contributed by atoms with Gasteiger partial charge in [0.25, 0.3) is 0 Å². The summed E-state index contributed by atoms with van der Waals surface area (Å²) < 4.78 is 15.8. The third-order valence-electron chi connectivity index (χ3n) is 3.54. The van der Waals surface area contributed by atoms with Gasteiger partial charge >= 0.3 is 5.97 Å². The number of hydrogen-bond donors (Lipinski definition) is 2. The van der Waals surface area contributed by atoms with E-state index in [-0.39, 0.29) is 28.2 Å². The van der Waals surface area contributed by atoms with Crippen LogP contribution in [0.15, 0.2) is 45.6 Å². The summed E-state index contributed by atoms with van der Waals surface area (Å²) in [6.07, 6.45) is 0. The second-order valence-corrected chi connectivity index (χ2v) is 5.20. The Balaban J connectivity index is 2.45. The SMILES string of the molecule is COc1cc(O)c2c(=O)c(O)c(-c3ccccc3)oc2c1OC(C)=O. The average molecular weight is 342 g/mol. The van der Waals surface area contributed by atoms with Gasteiger partial charge in [0.05, 0.1) is 7.11 Å². The molecule has 0 spiro atoms. The molecule has 1 aromatic heterocycles. The van der Waals surface area contributed by atoms with E-state index in [0.717, 1.165) is 6.07 Å². The van der Waals surface area contributed by atoms with Gasteiger partial charge in [-0.1, -0.05) is 30.3 Å². The first kappa shape index (κ1) is 16.4. The Hall–Kier alpha value is -3.48. The second-order valence-electron chi connectivity index (χ2n) is 5.20. The smallest absolute Gasteiger partial charge is 0.308 e. The fourth-order valence-corrected chi connectivity index (χ4v) is 2.47. The third kappa shape index (κ3) is 2.76. The number of methoxy groups -OCH3 is 1. The summed E-state index contributed by atoms with van der Waals surface area (Å²) in [5, 5.41) is 20.0. The monoisotopic (exact) mass is 342 g/mol. The van der Waals surface area contributed by atoms with Crippen molar-refractivity contribution in [2.75, 3.05) is 7.11 Å². The van der Waals surface area contributed by atoms with E-state index in [4.69, 9.17) is 13.9 Å². The predicted octanol–water partition coefficient (Wildman–Crippen LogP) is 2.81. The Kier molecular flexibility index (Phi) is 4.06. The lowest BCUT2D eigenvalue weighted by Gasteiger charge is -2.13. The molecule has 25 heavy (non-hydrogen) atoms. The molecule has 128 valence electrons. The van der Waals surface area contributed by atoms with Crippen LogP contribution >= 0.6 is 0 Å². The fourth-order valence-electron chi connectivity index (χ4n) is 2.47. The molecule has 3 rings (SSSR count). The summed E-state index contributed by atoms with van der Waals surface area (Å²) in [6, 6.07) is 9.55. The summed E-state index contributed by atoms with van der Waals surface area (Å²) in [7, 11) is 1.31. The maximum atomic E-state index is 12.5. The van der Waals surface area contributed by atoms with Gasteiger partial charge in [-0.2, -0.15) is 0 Å². The summed E-state index contributed by atoms with van der Waals surface area (Å²) >= 11 is 0. The van der Waals surface area contributed by atoms with Crippen molar-refractivity contribution in [1.29, 1.82) is 0 Å². The van der Waals surface area contributed by atoms with Crippen LogP contribution in [0.1, 0.15) is 6.92 Å². The fraction of sp³-hybridized carbons (Fsp3) is 0.111. The standard InChI is InChI=1S/C18H14O7/c1-9(19)24-17-12(23-2)8-11(20)13-14(21)15(22)16(25-18(13)17)10-6-4-3-5-7-10/h3-8,20,22H,1-2H3. The van der Waals surface area contributed by atoms with Crippen molar-refractivity contribution in [3.05, 3.63) is 46.6 Å². The van der Waals surface area contributed by atoms with Crippen LogP contribution in [0.25, 0.3) is 22.3 Å². The zero-order chi connectivity index (χ0) is 18.1. The zero-order valence-corrected chi connectivity index (χ0v) is 13.4. The molecular weight excluding hydrogens is 328 g/mol. The average Bonchev–Trinajstić information content (AvgIpc) is 2.60. The maximum absolute atomic E-state index is 12.5. The Morgan fingerprint density at radius 3 is 2.44 bits per heavy atom. The van der Waals surface area contributed by atoms with Crippen molar-refractivity contribution < 1.29 is 28.9 Å². The molecule has 2 aromatic carbocycles. The Morgan fingerprint density at radius 1 is 1.16 bits per heavy atom. The van der Waals surface area contributed by atoms with Gasteiger partial charge in [0.1, 0.15) is 11.1 Å². The minimum atomic E-state index is -0.853. The van der Waals surface area contributed by atoms with E-state index in [2.05, 4.69) is 0 Å². The Bertz CT molecular complexity index is 1020. The third-order valence-corrected chi connectivity index (χ3v) is 3.54. The molecule has 0 aliphatic carbocycles. The van der Waals surface area contributed by atoms with Crippen molar-refractivity contribution in [2.24, 2.45) is 0 Å². The van der Waals surface area contributed by atoms with Crippen LogP contribution in [-0.2, 0) is 4.79 Å². The van der Waals surface area contributed by atoms with Crippen molar-refractivity contribution in [3.63, 3.8) is 0 Å². The van der Waals surface area contributed by atoms with Crippen molar-refractivity contribution >= 4 is 16.9 Å². The number of hydrogen-bond acceptors (Lipinski definition) is 7. The number of phenols is 1. The normalized spacial score (nSPS) is 10.6. The molecule has 0 atom stereocenters. The van der Waals surface area contributed by atoms with Crippen molar-refractivity contribution in [1.82, 2.24) is 0 Å². The number of ether oxygens (including phenoxy) is 2. The number of esters is 1. The lowest BCUT2D eigenvalue weighted by molar-refractivity contribution is -0.131. The highest BCUT2D eigenvalue weighted by Crippen LogP contribution is 2.43. The molecule has 0 aliphatic heterocycles. The van der Waals surface area contributed by atoms with Crippen molar-refractivity contribution in [3.8, 4) is 34.3 Å². The predicted molar refractivity (Wildman–Crippen MR) is 89.1 cm³/mol. The van der Waals surface area contributed by atoms with Gasteiger partial charge in [0, 0.05) is 18.6 Å². The summed E-state index contributed by atoms with van der Waals surface area (Å²) in [5.74, 6) is -2.05. The summed E-state index contributed by atoms with van der Waals surface area (Å²) in [5.41, 5.74) is -0.613. The molecule has 0 aliphatic rings. The number of fused-ring (bicyclic) bond motifs is 1. The van der Waals surface area contributed by atoms with Crippen LogP contribution in [0, 0.1) is 0 Å². The van der Waals surface area contributed by atoms with Gasteiger partial charge in [-0.25, -0.2) is 0 Å². The van der Waals surface area contributed by atoms with Gasteiger partial charge in [0.2, 0.25) is 16.9 Å². The van der Waals surface area contributed by atoms with Gasteiger partial charge in [0.15, 0.2) is 17.1 Å². The molecule has 3 aromatic rings. The van der Waals surface area contributed by atoms with Crippen LogP contribution in [-0.4, -0.2) is 23.3 Å². The van der Waals surface area contributed by atoms with Crippen LogP contribution in [0.4, 0.5) is 0 Å². The molecule has 0 unspecified atom stereocenters. The molecule has 1 heterocycles. The largest absolute Gasteiger partial charge is 0.507 e. The van der Waals surface area contributed by atoms with E-state index in [1.807, 2.05) is 0 Å². The van der Waals surface area contributed by atoms with Crippen LogP contribution in [0.5, 0.6) is 23.0 Å². The molecule has 0 saturated carbocycles. The lowest BCUT2D eigenvalue weighted by Crippen LogP contribution is -2.08. The number of carbonyl (C=O) groups is 1. The summed E-state index contributed by atoms with van der Waals surface area (Å²) in [6.45, 7) is 1.18. The van der Waals surface area contributed by atoms with E-state index in [0.29, 0.717) is 5.56 Å². The van der Waals surface area contributed by atoms with Crippen molar-refractivity contribution in [2.45, 2.75) is 6.92 Å². The second kappa shape index (κ2) is 6.20. The molecule has 0 amide bonds. The van der Waals surface area contributed by atoms with E-state index in [1.165, 1.54) is 14.0 Å². The summed E-state index contributed by atoms with van der Waals surface area (Å²) in [4.78, 5) is 23.9. The topological polar surface area (TPSA) is 106 Å². The molecule has 0 radical (unpaired) electrons. The van der Waals surface area contributed by atoms with E-state index in [9.17, 15) is 19.8 Å². The number of phenolic OH excluding ortho intramolecular Hbond substituents is 1. The van der Waals surface area contributed by atoms with E-state index >= 15 is 0 Å². The first-order valence-corrected chi connectivity index (χ1v) is 7.27. The van der Waals surface area contributed by atoms with Crippen LogP contribution < -0.4 is 14.9 Å². The minimum Gasteiger partial charge on any atom is -0.507 e. The number of benzene rings is 2. The van der Waals surface area contributed by atoms with Gasteiger partial charge < -0.3 is 24.1 Å². The van der Waals surface area contributed by atoms with E-state index < -0.39 is 22.9 Å². The number of rotatable bonds is 3. The highest BCUT2D eigenvalue weighted by Gasteiger charge is 2.24. The number of aromatic hydroxyl groups is 2. The maximum Gasteiger partial charge on any atom is 0.308 e. The lowest BCUT2D eigenvalue weighted by atomic mass is 10.1. The quantitative estimate of drug-likeness (QED) is 0.557. The highest BCUT2D eigenvalue weighted by atomic mass is 16.6. The first-order valence-electron chi connectivity index (χ1n) is 7.27. The molecular formula is C18H14O7. The van der Waals surface area contributed by atoms with Crippen LogP contribution in [0.2, 0.25) is 0 Å². The molecule has 7 heteroatoms.